The molecule has 1 atom stereocenters. The van der Waals surface area contributed by atoms with Gasteiger partial charge in [-0.2, -0.15) is 31.1 Å². The van der Waals surface area contributed by atoms with Crippen molar-refractivity contribution in [3.8, 4) is 0 Å². The molecule has 150 valence electrons. The molecule has 1 aromatic rings. The predicted molar refractivity (Wildman–Crippen MR) is 69.8 cm³/mol. The van der Waals surface area contributed by atoms with Crippen LogP contribution < -0.4 is 10.6 Å². The molecule has 0 aromatic carbocycles. The van der Waals surface area contributed by atoms with Crippen molar-refractivity contribution in [1.82, 2.24) is 30.8 Å². The van der Waals surface area contributed by atoms with Crippen molar-refractivity contribution in [2.45, 2.75) is 18.4 Å². The highest BCUT2D eigenvalue weighted by Gasteiger charge is 2.38. The molecule has 1 fully saturated rings. The number of tetrazole rings is 1. The number of rotatable bonds is 1. The van der Waals surface area contributed by atoms with Crippen LogP contribution in [0.15, 0.2) is 0 Å². The fraction of sp³-hybridized carbons (Fsp3) is 0.700. The summed E-state index contributed by atoms with van der Waals surface area (Å²) in [6, 6.07) is 0.215. The molecule has 0 aliphatic carbocycles. The van der Waals surface area contributed by atoms with Crippen molar-refractivity contribution in [3.63, 3.8) is 0 Å². The molecule has 0 spiro atoms. The van der Waals surface area contributed by atoms with Gasteiger partial charge in [-0.1, -0.05) is 0 Å². The Balaban J connectivity index is 0.000000390. The van der Waals surface area contributed by atoms with Gasteiger partial charge in [-0.15, -0.1) is 10.2 Å². The van der Waals surface area contributed by atoms with Crippen LogP contribution in [0.4, 0.5) is 26.3 Å². The molecule has 0 saturated carbocycles. The van der Waals surface area contributed by atoms with Crippen LogP contribution in [0.5, 0.6) is 0 Å². The standard InChI is InChI=1S/C6H12N6.2C2HF3O2/c1-12-10-6(9-11-12)5-4-7-2-3-8-5;2*3-2(4,5)1(6)7/h5,7-8H,2-4H2,1H3;2*(H,6,7). The zero-order valence-corrected chi connectivity index (χ0v) is 13.0. The second-order valence-electron chi connectivity index (χ2n) is 4.45. The third-order valence-corrected chi connectivity index (χ3v) is 2.36. The van der Waals surface area contributed by atoms with Gasteiger partial charge in [0.25, 0.3) is 0 Å². The number of piperazine rings is 1. The third-order valence-electron chi connectivity index (χ3n) is 2.36. The SMILES string of the molecule is Cn1nnc(C2CNCCN2)n1.O=C(O)C(F)(F)F.O=C(O)C(F)(F)F. The maximum absolute atomic E-state index is 10.6. The summed E-state index contributed by atoms with van der Waals surface area (Å²) in [6.45, 7) is 2.85. The minimum atomic E-state index is -5.08. The summed E-state index contributed by atoms with van der Waals surface area (Å²) in [6.07, 6.45) is -10.2. The summed E-state index contributed by atoms with van der Waals surface area (Å²) in [5.74, 6) is -4.75. The average Bonchev–Trinajstić information content (AvgIpc) is 2.94. The summed E-state index contributed by atoms with van der Waals surface area (Å²) in [5, 5.41) is 32.7. The fourth-order valence-electron chi connectivity index (χ4n) is 1.27. The largest absolute Gasteiger partial charge is 0.490 e. The van der Waals surface area contributed by atoms with Gasteiger partial charge in [0.2, 0.25) is 0 Å². The van der Waals surface area contributed by atoms with E-state index in [1.165, 1.54) is 4.80 Å². The Morgan fingerprint density at radius 1 is 1.08 bits per heavy atom. The lowest BCUT2D eigenvalue weighted by molar-refractivity contribution is -0.193. The average molecular weight is 396 g/mol. The van der Waals surface area contributed by atoms with Crippen LogP contribution in [0.25, 0.3) is 0 Å². The molecule has 2 heterocycles. The van der Waals surface area contributed by atoms with E-state index < -0.39 is 24.3 Å². The van der Waals surface area contributed by atoms with Gasteiger partial charge in [-0.05, 0) is 5.21 Å². The van der Waals surface area contributed by atoms with Gasteiger partial charge in [0.15, 0.2) is 5.82 Å². The van der Waals surface area contributed by atoms with Crippen LogP contribution in [0, 0.1) is 0 Å². The van der Waals surface area contributed by atoms with Crippen molar-refractivity contribution < 1.29 is 46.1 Å². The highest BCUT2D eigenvalue weighted by atomic mass is 19.4. The maximum Gasteiger partial charge on any atom is 0.490 e. The number of carboxylic acids is 2. The number of alkyl halides is 6. The molecule has 10 nitrogen and oxygen atoms in total. The molecule has 0 amide bonds. The smallest absolute Gasteiger partial charge is 0.475 e. The van der Waals surface area contributed by atoms with Crippen molar-refractivity contribution in [3.05, 3.63) is 5.82 Å². The van der Waals surface area contributed by atoms with Gasteiger partial charge in [0.1, 0.15) is 0 Å². The van der Waals surface area contributed by atoms with E-state index in [4.69, 9.17) is 19.8 Å². The van der Waals surface area contributed by atoms with E-state index in [1.807, 2.05) is 0 Å². The molecule has 0 radical (unpaired) electrons. The molecule has 1 aromatic heterocycles. The number of carboxylic acid groups (broad SMARTS) is 2. The molecular formula is C10H14F6N6O4. The van der Waals surface area contributed by atoms with E-state index in [2.05, 4.69) is 26.0 Å². The molecule has 1 saturated heterocycles. The number of hydrogen-bond acceptors (Lipinski definition) is 7. The van der Waals surface area contributed by atoms with Gasteiger partial charge in [-0.3, -0.25) is 0 Å². The van der Waals surface area contributed by atoms with Gasteiger partial charge in [0, 0.05) is 19.6 Å². The van der Waals surface area contributed by atoms with Crippen molar-refractivity contribution in [2.24, 2.45) is 7.05 Å². The van der Waals surface area contributed by atoms with E-state index in [0.717, 1.165) is 25.5 Å². The maximum atomic E-state index is 10.6. The van der Waals surface area contributed by atoms with Crippen LogP contribution in [0.1, 0.15) is 11.9 Å². The Hall–Kier alpha value is -2.49. The zero-order valence-electron chi connectivity index (χ0n) is 13.0. The number of carbonyl (C=O) groups is 2. The van der Waals surface area contributed by atoms with E-state index >= 15 is 0 Å². The van der Waals surface area contributed by atoms with E-state index in [1.54, 1.807) is 7.05 Å². The summed E-state index contributed by atoms with van der Waals surface area (Å²) >= 11 is 0. The van der Waals surface area contributed by atoms with Crippen LogP contribution in [-0.2, 0) is 16.6 Å². The van der Waals surface area contributed by atoms with Crippen LogP contribution in [0.3, 0.4) is 0 Å². The number of nitrogens with zero attached hydrogens (tertiary/aromatic N) is 4. The lowest BCUT2D eigenvalue weighted by Crippen LogP contribution is -2.43. The number of aliphatic carboxylic acids is 2. The van der Waals surface area contributed by atoms with Crippen molar-refractivity contribution >= 4 is 11.9 Å². The van der Waals surface area contributed by atoms with Gasteiger partial charge < -0.3 is 20.8 Å². The molecule has 2 rings (SSSR count). The summed E-state index contributed by atoms with van der Waals surface area (Å²) in [4.78, 5) is 19.3. The highest BCUT2D eigenvalue weighted by molar-refractivity contribution is 5.73. The number of hydrogen-bond donors (Lipinski definition) is 4. The minimum Gasteiger partial charge on any atom is -0.475 e. The first-order chi connectivity index (χ1) is 11.7. The quantitative estimate of drug-likeness (QED) is 0.471. The van der Waals surface area contributed by atoms with Gasteiger partial charge in [-0.25, -0.2) is 9.59 Å². The first-order valence-electron chi connectivity index (χ1n) is 6.53. The van der Waals surface area contributed by atoms with Crippen LogP contribution in [-0.4, -0.2) is 74.3 Å². The van der Waals surface area contributed by atoms with Crippen LogP contribution >= 0.6 is 0 Å². The predicted octanol–water partition coefficient (Wildman–Crippen LogP) is -0.289. The van der Waals surface area contributed by atoms with E-state index in [0.29, 0.717) is 0 Å². The second kappa shape index (κ2) is 9.85. The molecule has 0 bridgehead atoms. The lowest BCUT2D eigenvalue weighted by atomic mass is 10.2. The summed E-state index contributed by atoms with van der Waals surface area (Å²) in [5.41, 5.74) is 0. The second-order valence-corrected chi connectivity index (χ2v) is 4.45. The monoisotopic (exact) mass is 396 g/mol. The van der Waals surface area contributed by atoms with E-state index in [-0.39, 0.29) is 6.04 Å². The Morgan fingerprint density at radius 2 is 1.54 bits per heavy atom. The number of halogens is 6. The summed E-state index contributed by atoms with van der Waals surface area (Å²) < 4.78 is 63.5. The highest BCUT2D eigenvalue weighted by Crippen LogP contribution is 2.13. The van der Waals surface area contributed by atoms with Crippen molar-refractivity contribution in [1.29, 1.82) is 0 Å². The normalized spacial score (nSPS) is 17.3. The van der Waals surface area contributed by atoms with Crippen molar-refractivity contribution in [2.75, 3.05) is 19.6 Å². The molecule has 16 heteroatoms. The van der Waals surface area contributed by atoms with Gasteiger partial charge in [0.05, 0.1) is 13.1 Å². The Kier molecular flexibility index (Phi) is 8.91. The van der Waals surface area contributed by atoms with Gasteiger partial charge >= 0.3 is 24.3 Å². The van der Waals surface area contributed by atoms with Crippen LogP contribution in [0.2, 0.25) is 0 Å². The minimum absolute atomic E-state index is 0.215. The number of aromatic nitrogens is 4. The molecule has 1 unspecified atom stereocenters. The zero-order chi connectivity index (χ0) is 20.5. The van der Waals surface area contributed by atoms with E-state index in [9.17, 15) is 26.3 Å². The third kappa shape index (κ3) is 9.72. The Morgan fingerprint density at radius 3 is 1.81 bits per heavy atom. The first-order valence-corrected chi connectivity index (χ1v) is 6.53. The molecular weight excluding hydrogens is 382 g/mol. The Bertz CT molecular complexity index is 559. The fourth-order valence-corrected chi connectivity index (χ4v) is 1.27. The molecule has 1 aliphatic heterocycles. The lowest BCUT2D eigenvalue weighted by Gasteiger charge is -2.21. The molecule has 4 N–H and O–H groups in total. The molecule has 1 aliphatic rings. The summed E-state index contributed by atoms with van der Waals surface area (Å²) in [7, 11) is 1.77. The number of aryl methyl sites for hydroxylation is 1. The molecule has 26 heavy (non-hydrogen) atoms. The number of nitrogens with one attached hydrogen (secondary N) is 2. The first kappa shape index (κ1) is 23.5. The topological polar surface area (TPSA) is 142 Å². The Labute approximate surface area is 141 Å².